The quantitative estimate of drug-likeness (QED) is 0.695. The minimum absolute atomic E-state index is 0.236. The molecule has 2 N–H and O–H groups in total. The molecule has 0 fully saturated rings. The Morgan fingerprint density at radius 2 is 1.39 bits per heavy atom. The molecule has 0 saturated carbocycles. The molecule has 0 aliphatic heterocycles. The van der Waals surface area contributed by atoms with Gasteiger partial charge in [0.2, 0.25) is 0 Å². The second-order valence-corrected chi connectivity index (χ2v) is 6.52. The highest BCUT2D eigenvalue weighted by molar-refractivity contribution is 5.95. The molecule has 0 aliphatic carbocycles. The van der Waals surface area contributed by atoms with Crippen LogP contribution in [0.25, 0.3) is 0 Å². The number of nitrogens with zero attached hydrogens (tertiary/aromatic N) is 2. The largest absolute Gasteiger partial charge is 0.350 e. The summed E-state index contributed by atoms with van der Waals surface area (Å²) in [7, 11) is 0. The highest BCUT2D eigenvalue weighted by Crippen LogP contribution is 2.13. The molecule has 6 heteroatoms. The molecule has 1 atom stereocenters. The normalized spacial score (nSPS) is 11.5. The zero-order valence-corrected chi connectivity index (χ0v) is 15.8. The van der Waals surface area contributed by atoms with Crippen molar-refractivity contribution in [2.45, 2.75) is 19.9 Å². The highest BCUT2D eigenvalue weighted by Gasteiger charge is 2.17. The van der Waals surface area contributed by atoms with Gasteiger partial charge < -0.3 is 10.6 Å². The number of carbonyl (C=O) groups is 2. The van der Waals surface area contributed by atoms with E-state index in [1.807, 2.05) is 44.2 Å². The predicted molar refractivity (Wildman–Crippen MR) is 107 cm³/mol. The van der Waals surface area contributed by atoms with Crippen molar-refractivity contribution >= 4 is 11.8 Å². The van der Waals surface area contributed by atoms with Crippen molar-refractivity contribution in [2.75, 3.05) is 6.54 Å². The Balaban J connectivity index is 1.72. The molecule has 0 saturated heterocycles. The summed E-state index contributed by atoms with van der Waals surface area (Å²) in [5.41, 5.74) is 3.54. The lowest BCUT2D eigenvalue weighted by Gasteiger charge is -2.20. The molecule has 0 radical (unpaired) electrons. The fourth-order valence-electron chi connectivity index (χ4n) is 2.68. The van der Waals surface area contributed by atoms with Crippen molar-refractivity contribution in [1.82, 2.24) is 20.6 Å². The summed E-state index contributed by atoms with van der Waals surface area (Å²) >= 11 is 0. The van der Waals surface area contributed by atoms with Crippen molar-refractivity contribution in [3.05, 3.63) is 95.1 Å². The molecule has 0 aliphatic rings. The first-order valence-corrected chi connectivity index (χ1v) is 9.02. The predicted octanol–water partition coefficient (Wildman–Crippen LogP) is 2.99. The van der Waals surface area contributed by atoms with Gasteiger partial charge in [-0.2, -0.15) is 0 Å². The molecule has 0 unspecified atom stereocenters. The molecular weight excluding hydrogens is 352 g/mol. The number of aromatic nitrogens is 2. The van der Waals surface area contributed by atoms with Crippen LogP contribution < -0.4 is 10.6 Å². The van der Waals surface area contributed by atoms with Crippen LogP contribution >= 0.6 is 0 Å². The smallest absolute Gasteiger partial charge is 0.253 e. The van der Waals surface area contributed by atoms with Crippen LogP contribution in [-0.4, -0.2) is 28.3 Å². The Morgan fingerprint density at radius 3 is 1.93 bits per heavy atom. The van der Waals surface area contributed by atoms with Crippen LogP contribution in [-0.2, 0) is 0 Å². The van der Waals surface area contributed by atoms with Gasteiger partial charge in [0.15, 0.2) is 0 Å². The molecule has 2 aromatic heterocycles. The number of benzene rings is 1. The average Bonchev–Trinajstić information content (AvgIpc) is 2.72. The molecule has 0 bridgehead atoms. The Labute approximate surface area is 164 Å². The zero-order chi connectivity index (χ0) is 19.9. The first-order valence-electron chi connectivity index (χ1n) is 9.02. The fraction of sp³-hybridized carbons (Fsp3) is 0.182. The van der Waals surface area contributed by atoms with E-state index in [1.54, 1.807) is 36.7 Å². The van der Waals surface area contributed by atoms with Crippen LogP contribution in [0.3, 0.4) is 0 Å². The van der Waals surface area contributed by atoms with Crippen LogP contribution in [0.4, 0.5) is 0 Å². The fourth-order valence-corrected chi connectivity index (χ4v) is 2.68. The van der Waals surface area contributed by atoms with Crippen LogP contribution in [0, 0.1) is 13.8 Å². The third-order valence-corrected chi connectivity index (χ3v) is 4.32. The molecule has 2 heterocycles. The van der Waals surface area contributed by atoms with E-state index >= 15 is 0 Å². The molecule has 0 spiro atoms. The van der Waals surface area contributed by atoms with Crippen molar-refractivity contribution in [3.63, 3.8) is 0 Å². The van der Waals surface area contributed by atoms with E-state index < -0.39 is 0 Å². The number of rotatable bonds is 6. The molecule has 28 heavy (non-hydrogen) atoms. The first kappa shape index (κ1) is 19.2. The van der Waals surface area contributed by atoms with Gasteiger partial charge in [0.05, 0.1) is 17.2 Å². The van der Waals surface area contributed by atoms with E-state index in [0.717, 1.165) is 17.0 Å². The Hall–Kier alpha value is -3.54. The Kier molecular flexibility index (Phi) is 6.11. The summed E-state index contributed by atoms with van der Waals surface area (Å²) in [6, 6.07) is 16.2. The summed E-state index contributed by atoms with van der Waals surface area (Å²) in [5, 5.41) is 5.85. The monoisotopic (exact) mass is 374 g/mol. The third-order valence-electron chi connectivity index (χ3n) is 4.32. The Morgan fingerprint density at radius 1 is 0.821 bits per heavy atom. The van der Waals surface area contributed by atoms with E-state index in [1.165, 1.54) is 0 Å². The van der Waals surface area contributed by atoms with Gasteiger partial charge in [-0.15, -0.1) is 0 Å². The van der Waals surface area contributed by atoms with Crippen LogP contribution in [0.1, 0.15) is 43.7 Å². The minimum Gasteiger partial charge on any atom is -0.350 e. The standard InChI is InChI=1S/C22H22N4O2/c1-15-8-10-18(12-23-15)21(27)25-14-20(17-6-4-3-5-7-17)26-22(28)19-11-9-16(2)24-13-19/h3-13,20H,14H2,1-2H3,(H,25,27)(H,26,28)/t20-/m0/s1. The topological polar surface area (TPSA) is 84.0 Å². The van der Waals surface area contributed by atoms with Gasteiger partial charge in [-0.1, -0.05) is 30.3 Å². The van der Waals surface area contributed by atoms with Gasteiger partial charge in [-0.3, -0.25) is 19.6 Å². The summed E-state index contributed by atoms with van der Waals surface area (Å²) in [4.78, 5) is 33.3. The maximum absolute atomic E-state index is 12.6. The molecule has 2 amide bonds. The molecule has 6 nitrogen and oxygen atoms in total. The highest BCUT2D eigenvalue weighted by atomic mass is 16.2. The van der Waals surface area contributed by atoms with Crippen molar-refractivity contribution < 1.29 is 9.59 Å². The van der Waals surface area contributed by atoms with Crippen molar-refractivity contribution in [3.8, 4) is 0 Å². The van der Waals surface area contributed by atoms with Gasteiger partial charge in [-0.05, 0) is 43.7 Å². The minimum atomic E-state index is -0.377. The second kappa shape index (κ2) is 8.90. The number of aryl methyl sites for hydroxylation is 2. The van der Waals surface area contributed by atoms with Crippen LogP contribution in [0.15, 0.2) is 67.0 Å². The lowest BCUT2D eigenvalue weighted by molar-refractivity contribution is 0.0908. The summed E-state index contributed by atoms with van der Waals surface area (Å²) in [6.07, 6.45) is 3.09. The van der Waals surface area contributed by atoms with Crippen molar-refractivity contribution in [1.29, 1.82) is 0 Å². The molecular formula is C22H22N4O2. The van der Waals surface area contributed by atoms with Crippen LogP contribution in [0.2, 0.25) is 0 Å². The number of nitrogens with one attached hydrogen (secondary N) is 2. The second-order valence-electron chi connectivity index (χ2n) is 6.52. The summed E-state index contributed by atoms with van der Waals surface area (Å²) < 4.78 is 0. The molecule has 3 rings (SSSR count). The van der Waals surface area contributed by atoms with Gasteiger partial charge in [0.1, 0.15) is 0 Å². The van der Waals surface area contributed by atoms with Gasteiger partial charge in [0, 0.05) is 30.3 Å². The lowest BCUT2D eigenvalue weighted by atomic mass is 10.1. The van der Waals surface area contributed by atoms with E-state index in [0.29, 0.717) is 11.1 Å². The van der Waals surface area contributed by atoms with Crippen molar-refractivity contribution in [2.24, 2.45) is 0 Å². The van der Waals surface area contributed by atoms with E-state index in [2.05, 4.69) is 20.6 Å². The van der Waals surface area contributed by atoms with E-state index in [9.17, 15) is 9.59 Å². The maximum Gasteiger partial charge on any atom is 0.253 e. The number of carbonyl (C=O) groups excluding carboxylic acids is 2. The maximum atomic E-state index is 12.6. The molecule has 142 valence electrons. The van der Waals surface area contributed by atoms with Crippen LogP contribution in [0.5, 0.6) is 0 Å². The number of hydrogen-bond acceptors (Lipinski definition) is 4. The number of pyridine rings is 2. The SMILES string of the molecule is Cc1ccc(C(=O)NC[C@H](NC(=O)c2ccc(C)nc2)c2ccccc2)cn1. The van der Waals surface area contributed by atoms with Gasteiger partial charge in [-0.25, -0.2) is 0 Å². The zero-order valence-electron chi connectivity index (χ0n) is 15.8. The summed E-state index contributed by atoms with van der Waals surface area (Å²) in [5.74, 6) is -0.479. The van der Waals surface area contributed by atoms with Gasteiger partial charge >= 0.3 is 0 Å². The first-order chi connectivity index (χ1) is 13.5. The van der Waals surface area contributed by atoms with E-state index in [4.69, 9.17) is 0 Å². The number of amides is 2. The Bertz CT molecular complexity index is 939. The molecule has 1 aromatic carbocycles. The van der Waals surface area contributed by atoms with Gasteiger partial charge in [0.25, 0.3) is 11.8 Å². The average molecular weight is 374 g/mol. The summed E-state index contributed by atoms with van der Waals surface area (Å²) in [6.45, 7) is 3.98. The molecule has 3 aromatic rings. The number of hydrogen-bond donors (Lipinski definition) is 2. The third kappa shape index (κ3) is 5.01. The lowest BCUT2D eigenvalue weighted by Crippen LogP contribution is -2.38. The van der Waals surface area contributed by atoms with E-state index in [-0.39, 0.29) is 24.4 Å².